The second-order valence-electron chi connectivity index (χ2n) is 4.40. The van der Waals surface area contributed by atoms with Crippen LogP contribution in [0.3, 0.4) is 0 Å². The zero-order valence-electron chi connectivity index (χ0n) is 10.7. The zero-order chi connectivity index (χ0) is 14.1. The Bertz CT molecular complexity index is 762. The van der Waals surface area contributed by atoms with Crippen molar-refractivity contribution in [3.63, 3.8) is 0 Å². The van der Waals surface area contributed by atoms with Crippen LogP contribution in [-0.2, 0) is 0 Å². The van der Waals surface area contributed by atoms with E-state index in [0.29, 0.717) is 11.3 Å². The molecule has 2 aromatic heterocycles. The van der Waals surface area contributed by atoms with Crippen LogP contribution in [0.1, 0.15) is 15.9 Å². The molecule has 0 radical (unpaired) electrons. The van der Waals surface area contributed by atoms with Crippen molar-refractivity contribution in [2.75, 3.05) is 0 Å². The van der Waals surface area contributed by atoms with Gasteiger partial charge >= 0.3 is 0 Å². The second kappa shape index (κ2) is 5.02. The fraction of sp³-hybridized carbons (Fsp3) is 0.0667. The maximum absolute atomic E-state index is 13.2. The molecule has 3 nitrogen and oxygen atoms in total. The van der Waals surface area contributed by atoms with Crippen LogP contribution in [0.2, 0.25) is 0 Å². The Hall–Kier alpha value is -2.27. The molecule has 0 aliphatic carbocycles. The number of aldehydes is 1. The van der Waals surface area contributed by atoms with E-state index in [0.717, 1.165) is 22.4 Å². The van der Waals surface area contributed by atoms with Gasteiger partial charge in [0.2, 0.25) is 0 Å². The number of aryl methyl sites for hydroxylation is 1. The van der Waals surface area contributed by atoms with Gasteiger partial charge in [-0.15, -0.1) is 11.3 Å². The van der Waals surface area contributed by atoms with E-state index in [2.05, 4.69) is 5.10 Å². The summed E-state index contributed by atoms with van der Waals surface area (Å²) < 4.78 is 14.8. The Morgan fingerprint density at radius 1 is 1.35 bits per heavy atom. The molecule has 20 heavy (non-hydrogen) atoms. The number of hydrogen-bond donors (Lipinski definition) is 0. The molecule has 0 aliphatic heterocycles. The molecular formula is C15H11FN2OS. The van der Waals surface area contributed by atoms with Crippen molar-refractivity contribution in [2.24, 2.45) is 0 Å². The van der Waals surface area contributed by atoms with Crippen molar-refractivity contribution < 1.29 is 9.18 Å². The van der Waals surface area contributed by atoms with Gasteiger partial charge in [-0.05, 0) is 42.1 Å². The van der Waals surface area contributed by atoms with E-state index in [1.165, 1.54) is 23.5 Å². The topological polar surface area (TPSA) is 34.9 Å². The average Bonchev–Trinajstić information content (AvgIpc) is 3.07. The second-order valence-corrected chi connectivity index (χ2v) is 5.35. The summed E-state index contributed by atoms with van der Waals surface area (Å²) in [5.74, 6) is -0.285. The summed E-state index contributed by atoms with van der Waals surface area (Å²) in [7, 11) is 0. The van der Waals surface area contributed by atoms with Gasteiger partial charge in [0, 0.05) is 6.20 Å². The molecule has 0 amide bonds. The van der Waals surface area contributed by atoms with Crippen molar-refractivity contribution in [3.05, 3.63) is 58.9 Å². The first-order valence-corrected chi connectivity index (χ1v) is 6.92. The van der Waals surface area contributed by atoms with Crippen LogP contribution in [0.15, 0.2) is 41.9 Å². The Morgan fingerprint density at radius 3 is 2.85 bits per heavy atom. The van der Waals surface area contributed by atoms with Crippen molar-refractivity contribution in [2.45, 2.75) is 6.92 Å². The lowest BCUT2D eigenvalue weighted by atomic mass is 10.2. The number of aromatic nitrogens is 2. The van der Waals surface area contributed by atoms with Crippen molar-refractivity contribution in [1.82, 2.24) is 9.78 Å². The van der Waals surface area contributed by atoms with Gasteiger partial charge in [-0.3, -0.25) is 4.79 Å². The molecule has 5 heteroatoms. The molecule has 0 N–H and O–H groups in total. The average molecular weight is 286 g/mol. The molecule has 0 fully saturated rings. The molecule has 3 rings (SSSR count). The lowest BCUT2D eigenvalue weighted by Crippen LogP contribution is -1.98. The molecule has 0 aliphatic rings. The smallest absolute Gasteiger partial charge is 0.153 e. The fourth-order valence-electron chi connectivity index (χ4n) is 2.08. The van der Waals surface area contributed by atoms with Crippen molar-refractivity contribution >= 4 is 17.6 Å². The molecule has 0 bridgehead atoms. The van der Waals surface area contributed by atoms with Gasteiger partial charge in [0.05, 0.1) is 16.1 Å². The molecule has 100 valence electrons. The minimum Gasteiger partial charge on any atom is -0.298 e. The zero-order valence-corrected chi connectivity index (χ0v) is 11.5. The molecule has 2 heterocycles. The summed E-state index contributed by atoms with van der Waals surface area (Å²) in [6.07, 6.45) is 2.46. The Balaban J connectivity index is 2.14. The van der Waals surface area contributed by atoms with Gasteiger partial charge in [-0.1, -0.05) is 6.07 Å². The van der Waals surface area contributed by atoms with Crippen LogP contribution in [0.5, 0.6) is 0 Å². The highest BCUT2D eigenvalue weighted by molar-refractivity contribution is 7.13. The van der Waals surface area contributed by atoms with Gasteiger partial charge in [-0.25, -0.2) is 9.07 Å². The van der Waals surface area contributed by atoms with Gasteiger partial charge in [0.1, 0.15) is 11.5 Å². The molecule has 1 aromatic carbocycles. The van der Waals surface area contributed by atoms with Crippen LogP contribution in [0, 0.1) is 12.7 Å². The molecule has 0 spiro atoms. The van der Waals surface area contributed by atoms with Crippen LogP contribution in [0.4, 0.5) is 4.39 Å². The fourth-order valence-corrected chi connectivity index (χ4v) is 2.81. The summed E-state index contributed by atoms with van der Waals surface area (Å²) >= 11 is 1.53. The Labute approximate surface area is 119 Å². The van der Waals surface area contributed by atoms with E-state index in [4.69, 9.17) is 0 Å². The lowest BCUT2D eigenvalue weighted by Gasteiger charge is -2.05. The summed E-state index contributed by atoms with van der Waals surface area (Å²) in [6, 6.07) is 8.32. The number of carbonyl (C=O) groups excluding carboxylic acids is 1. The third-order valence-corrected chi connectivity index (χ3v) is 3.91. The lowest BCUT2D eigenvalue weighted by molar-refractivity contribution is 0.112. The highest BCUT2D eigenvalue weighted by Gasteiger charge is 2.13. The predicted molar refractivity (Wildman–Crippen MR) is 77.0 cm³/mol. The standard InChI is InChI=1S/C15H11FN2OS/c1-10-7-12(16)4-5-13(10)18-8-11(9-19)15(17-18)14-3-2-6-20-14/h2-9H,1H3. The Morgan fingerprint density at radius 2 is 2.20 bits per heavy atom. The quantitative estimate of drug-likeness (QED) is 0.685. The maximum Gasteiger partial charge on any atom is 0.153 e. The van der Waals surface area contributed by atoms with E-state index < -0.39 is 0 Å². The minimum absolute atomic E-state index is 0.285. The summed E-state index contributed by atoms with van der Waals surface area (Å²) in [5.41, 5.74) is 2.70. The van der Waals surface area contributed by atoms with Crippen LogP contribution >= 0.6 is 11.3 Å². The first-order chi connectivity index (χ1) is 9.69. The molecule has 3 aromatic rings. The summed E-state index contributed by atoms with van der Waals surface area (Å²) in [5, 5.41) is 6.39. The predicted octanol–water partition coefficient (Wildman–Crippen LogP) is 3.86. The highest BCUT2D eigenvalue weighted by Crippen LogP contribution is 2.27. The normalized spacial score (nSPS) is 10.7. The van der Waals surface area contributed by atoms with Gasteiger partial charge in [0.25, 0.3) is 0 Å². The van der Waals surface area contributed by atoms with Crippen LogP contribution in [-0.4, -0.2) is 16.1 Å². The molecular weight excluding hydrogens is 275 g/mol. The van der Waals surface area contributed by atoms with E-state index in [9.17, 15) is 9.18 Å². The summed E-state index contributed by atoms with van der Waals surface area (Å²) in [6.45, 7) is 1.81. The molecule has 0 atom stereocenters. The number of benzene rings is 1. The van der Waals surface area contributed by atoms with Gasteiger partial charge in [-0.2, -0.15) is 5.10 Å². The van der Waals surface area contributed by atoms with Crippen molar-refractivity contribution in [1.29, 1.82) is 0 Å². The number of nitrogens with zero attached hydrogens (tertiary/aromatic N) is 2. The van der Waals surface area contributed by atoms with Crippen LogP contribution < -0.4 is 0 Å². The van der Waals surface area contributed by atoms with E-state index in [1.807, 2.05) is 24.4 Å². The first kappa shape index (κ1) is 12.7. The van der Waals surface area contributed by atoms with Gasteiger partial charge in [0.15, 0.2) is 6.29 Å². The number of thiophene rings is 1. The van der Waals surface area contributed by atoms with Gasteiger partial charge < -0.3 is 0 Å². The number of rotatable bonds is 3. The monoisotopic (exact) mass is 286 g/mol. The van der Waals surface area contributed by atoms with Crippen molar-refractivity contribution in [3.8, 4) is 16.3 Å². The SMILES string of the molecule is Cc1cc(F)ccc1-n1cc(C=O)c(-c2cccs2)n1. The third-order valence-electron chi connectivity index (χ3n) is 3.03. The molecule has 0 unspecified atom stereocenters. The first-order valence-electron chi connectivity index (χ1n) is 6.04. The number of halogens is 1. The number of carbonyl (C=O) groups is 1. The number of hydrogen-bond acceptors (Lipinski definition) is 3. The van der Waals surface area contributed by atoms with Crippen LogP contribution in [0.25, 0.3) is 16.3 Å². The minimum atomic E-state index is -0.285. The molecule has 0 saturated carbocycles. The van der Waals surface area contributed by atoms with E-state index >= 15 is 0 Å². The highest BCUT2D eigenvalue weighted by atomic mass is 32.1. The van der Waals surface area contributed by atoms with E-state index in [1.54, 1.807) is 16.9 Å². The maximum atomic E-state index is 13.2. The molecule has 0 saturated heterocycles. The summed E-state index contributed by atoms with van der Waals surface area (Å²) in [4.78, 5) is 12.1. The Kier molecular flexibility index (Phi) is 3.20. The third kappa shape index (κ3) is 2.16. The largest absolute Gasteiger partial charge is 0.298 e. The van der Waals surface area contributed by atoms with E-state index in [-0.39, 0.29) is 5.82 Å².